The molecule has 5 nitrogen and oxygen atoms in total. The lowest BCUT2D eigenvalue weighted by atomic mass is 10.3. The summed E-state index contributed by atoms with van der Waals surface area (Å²) in [6.45, 7) is 2.68. The van der Waals surface area contributed by atoms with E-state index in [0.717, 1.165) is 5.56 Å². The van der Waals surface area contributed by atoms with Crippen LogP contribution in [0.5, 0.6) is 0 Å². The fraction of sp³-hybridized carbons (Fsp3) is 0.400. The molecule has 0 bridgehead atoms. The summed E-state index contributed by atoms with van der Waals surface area (Å²) in [6, 6.07) is 3.69. The van der Waals surface area contributed by atoms with Crippen LogP contribution in [0.25, 0.3) is 0 Å². The molecule has 0 unspecified atom stereocenters. The molecule has 0 saturated carbocycles. The van der Waals surface area contributed by atoms with Crippen molar-refractivity contribution in [2.75, 3.05) is 25.1 Å². The van der Waals surface area contributed by atoms with Gasteiger partial charge in [0.25, 0.3) is 5.91 Å². The molecule has 0 aromatic carbocycles. The Labute approximate surface area is 88.6 Å². The zero-order valence-electron chi connectivity index (χ0n) is 8.69. The van der Waals surface area contributed by atoms with E-state index in [2.05, 4.69) is 10.3 Å². The summed E-state index contributed by atoms with van der Waals surface area (Å²) in [6.07, 6.45) is 1.63. The lowest BCUT2D eigenvalue weighted by Gasteiger charge is -2.06. The SMILES string of the molecule is Cc1cccnc1NC(=O)COCCN. The number of hydrogen-bond donors (Lipinski definition) is 2. The largest absolute Gasteiger partial charge is 0.370 e. The Morgan fingerprint density at radius 3 is 3.13 bits per heavy atom. The van der Waals surface area contributed by atoms with Gasteiger partial charge in [-0.25, -0.2) is 4.98 Å². The molecular weight excluding hydrogens is 194 g/mol. The number of ether oxygens (including phenoxy) is 1. The maximum absolute atomic E-state index is 11.3. The Kier molecular flexibility index (Phi) is 4.73. The first kappa shape index (κ1) is 11.6. The molecule has 1 amide bonds. The summed E-state index contributed by atoms with van der Waals surface area (Å²) in [7, 11) is 0. The number of nitrogens with one attached hydrogen (secondary N) is 1. The van der Waals surface area contributed by atoms with E-state index >= 15 is 0 Å². The topological polar surface area (TPSA) is 77.2 Å². The van der Waals surface area contributed by atoms with Gasteiger partial charge in [-0.05, 0) is 18.6 Å². The van der Waals surface area contributed by atoms with Crippen LogP contribution >= 0.6 is 0 Å². The average molecular weight is 209 g/mol. The average Bonchev–Trinajstić information content (AvgIpc) is 2.22. The molecular formula is C10H15N3O2. The molecule has 15 heavy (non-hydrogen) atoms. The van der Waals surface area contributed by atoms with E-state index in [0.29, 0.717) is 19.0 Å². The van der Waals surface area contributed by atoms with E-state index < -0.39 is 0 Å². The van der Waals surface area contributed by atoms with Crippen molar-refractivity contribution in [2.24, 2.45) is 5.73 Å². The third-order valence-electron chi connectivity index (χ3n) is 1.76. The Hall–Kier alpha value is -1.46. The molecule has 0 atom stereocenters. The Morgan fingerprint density at radius 2 is 2.47 bits per heavy atom. The van der Waals surface area contributed by atoms with Gasteiger partial charge >= 0.3 is 0 Å². The highest BCUT2D eigenvalue weighted by atomic mass is 16.5. The number of amides is 1. The first-order chi connectivity index (χ1) is 7.24. The third kappa shape index (κ3) is 4.05. The van der Waals surface area contributed by atoms with Gasteiger partial charge in [-0.1, -0.05) is 6.07 Å². The van der Waals surface area contributed by atoms with Crippen molar-refractivity contribution >= 4 is 11.7 Å². The molecule has 5 heteroatoms. The summed E-state index contributed by atoms with van der Waals surface area (Å²) in [4.78, 5) is 15.4. The normalized spacial score (nSPS) is 10.0. The van der Waals surface area contributed by atoms with E-state index in [9.17, 15) is 4.79 Å². The van der Waals surface area contributed by atoms with Crippen molar-refractivity contribution in [2.45, 2.75) is 6.92 Å². The Bertz CT molecular complexity index is 328. The predicted octanol–water partition coefficient (Wildman–Crippen LogP) is 0.304. The smallest absolute Gasteiger partial charge is 0.251 e. The van der Waals surface area contributed by atoms with Gasteiger partial charge in [0, 0.05) is 12.7 Å². The maximum atomic E-state index is 11.3. The van der Waals surface area contributed by atoms with Crippen LogP contribution in [-0.4, -0.2) is 30.6 Å². The lowest BCUT2D eigenvalue weighted by Crippen LogP contribution is -2.21. The van der Waals surface area contributed by atoms with Crippen LogP contribution < -0.4 is 11.1 Å². The molecule has 0 aliphatic heterocycles. The number of carbonyl (C=O) groups excluding carboxylic acids is 1. The Balaban J connectivity index is 2.41. The van der Waals surface area contributed by atoms with Gasteiger partial charge in [-0.15, -0.1) is 0 Å². The predicted molar refractivity (Wildman–Crippen MR) is 57.5 cm³/mol. The van der Waals surface area contributed by atoms with Gasteiger partial charge in [-0.3, -0.25) is 4.79 Å². The molecule has 82 valence electrons. The molecule has 0 radical (unpaired) electrons. The zero-order valence-corrected chi connectivity index (χ0v) is 8.69. The van der Waals surface area contributed by atoms with Gasteiger partial charge < -0.3 is 15.8 Å². The zero-order chi connectivity index (χ0) is 11.1. The Morgan fingerprint density at radius 1 is 1.67 bits per heavy atom. The summed E-state index contributed by atoms with van der Waals surface area (Å²) < 4.78 is 4.99. The lowest BCUT2D eigenvalue weighted by molar-refractivity contribution is -0.120. The molecule has 0 fully saturated rings. The monoisotopic (exact) mass is 209 g/mol. The minimum atomic E-state index is -0.217. The summed E-state index contributed by atoms with van der Waals surface area (Å²) in [5, 5.41) is 2.65. The van der Waals surface area contributed by atoms with Gasteiger partial charge in [0.1, 0.15) is 12.4 Å². The van der Waals surface area contributed by atoms with Gasteiger partial charge in [0.05, 0.1) is 6.61 Å². The third-order valence-corrected chi connectivity index (χ3v) is 1.76. The molecule has 0 spiro atoms. The van der Waals surface area contributed by atoms with Gasteiger partial charge in [0.15, 0.2) is 0 Å². The van der Waals surface area contributed by atoms with Crippen LogP contribution in [0, 0.1) is 6.92 Å². The first-order valence-corrected chi connectivity index (χ1v) is 4.73. The number of carbonyl (C=O) groups is 1. The number of nitrogens with zero attached hydrogens (tertiary/aromatic N) is 1. The van der Waals surface area contributed by atoms with E-state index in [1.54, 1.807) is 6.20 Å². The van der Waals surface area contributed by atoms with Crippen molar-refractivity contribution in [3.8, 4) is 0 Å². The highest BCUT2D eigenvalue weighted by molar-refractivity contribution is 5.91. The van der Waals surface area contributed by atoms with Gasteiger partial charge in [-0.2, -0.15) is 0 Å². The van der Waals surface area contributed by atoms with E-state index in [1.807, 2.05) is 19.1 Å². The molecule has 0 saturated heterocycles. The number of nitrogens with two attached hydrogens (primary N) is 1. The van der Waals surface area contributed by atoms with Crippen molar-refractivity contribution in [3.05, 3.63) is 23.9 Å². The second-order valence-corrected chi connectivity index (χ2v) is 3.06. The standard InChI is InChI=1S/C10H15N3O2/c1-8-3-2-5-12-10(8)13-9(14)7-15-6-4-11/h2-3,5H,4,6-7,11H2,1H3,(H,12,13,14). The second-order valence-electron chi connectivity index (χ2n) is 3.06. The van der Waals surface area contributed by atoms with Crippen molar-refractivity contribution in [3.63, 3.8) is 0 Å². The molecule has 3 N–H and O–H groups in total. The quantitative estimate of drug-likeness (QED) is 0.684. The minimum Gasteiger partial charge on any atom is -0.370 e. The molecule has 0 aliphatic carbocycles. The summed E-state index contributed by atoms with van der Waals surface area (Å²) in [5.74, 6) is 0.351. The number of aromatic nitrogens is 1. The summed E-state index contributed by atoms with van der Waals surface area (Å²) >= 11 is 0. The van der Waals surface area contributed by atoms with E-state index in [4.69, 9.17) is 10.5 Å². The van der Waals surface area contributed by atoms with Crippen molar-refractivity contribution < 1.29 is 9.53 Å². The van der Waals surface area contributed by atoms with Crippen LogP contribution in [0.2, 0.25) is 0 Å². The molecule has 1 aromatic rings. The number of rotatable bonds is 5. The fourth-order valence-electron chi connectivity index (χ4n) is 1.03. The molecule has 0 aliphatic rings. The highest BCUT2D eigenvalue weighted by Crippen LogP contribution is 2.08. The molecule has 1 aromatic heterocycles. The number of anilines is 1. The number of pyridine rings is 1. The molecule has 1 heterocycles. The van der Waals surface area contributed by atoms with Crippen LogP contribution in [0.1, 0.15) is 5.56 Å². The van der Waals surface area contributed by atoms with E-state index in [-0.39, 0.29) is 12.5 Å². The van der Waals surface area contributed by atoms with Crippen LogP contribution in [0.4, 0.5) is 5.82 Å². The van der Waals surface area contributed by atoms with Crippen molar-refractivity contribution in [1.82, 2.24) is 4.98 Å². The highest BCUT2D eigenvalue weighted by Gasteiger charge is 2.04. The molecule has 1 rings (SSSR count). The number of aryl methyl sites for hydroxylation is 1. The number of hydrogen-bond acceptors (Lipinski definition) is 4. The van der Waals surface area contributed by atoms with Crippen molar-refractivity contribution in [1.29, 1.82) is 0 Å². The fourth-order valence-corrected chi connectivity index (χ4v) is 1.03. The van der Waals surface area contributed by atoms with Gasteiger partial charge in [0.2, 0.25) is 0 Å². The second kappa shape index (κ2) is 6.10. The summed E-state index contributed by atoms with van der Waals surface area (Å²) in [5.41, 5.74) is 6.14. The van der Waals surface area contributed by atoms with E-state index in [1.165, 1.54) is 0 Å². The van der Waals surface area contributed by atoms with Crippen LogP contribution in [-0.2, 0) is 9.53 Å². The minimum absolute atomic E-state index is 0.00716. The first-order valence-electron chi connectivity index (χ1n) is 4.73. The van der Waals surface area contributed by atoms with Crippen LogP contribution in [0.15, 0.2) is 18.3 Å². The maximum Gasteiger partial charge on any atom is 0.251 e. The van der Waals surface area contributed by atoms with Crippen LogP contribution in [0.3, 0.4) is 0 Å².